The predicted molar refractivity (Wildman–Crippen MR) is 51.1 cm³/mol. The van der Waals surface area contributed by atoms with Crippen molar-refractivity contribution in [2.45, 2.75) is 12.2 Å². The molecule has 2 rings (SSSR count). The Balaban J connectivity index is 2.63. The van der Waals surface area contributed by atoms with Gasteiger partial charge in [-0.2, -0.15) is 10.4 Å². The zero-order valence-corrected chi connectivity index (χ0v) is 7.88. The van der Waals surface area contributed by atoms with Crippen molar-refractivity contribution in [1.82, 2.24) is 20.2 Å². The van der Waals surface area contributed by atoms with Gasteiger partial charge in [-0.1, -0.05) is 0 Å². The Labute approximate surface area is 88.2 Å². The molecule has 0 aliphatic heterocycles. The molecule has 2 aromatic heterocycles. The third-order valence-corrected chi connectivity index (χ3v) is 2.11. The van der Waals surface area contributed by atoms with E-state index in [4.69, 9.17) is 10.4 Å². The number of rotatable bonds is 2. The minimum atomic E-state index is -1.64. The second-order valence-electron chi connectivity index (χ2n) is 3.09. The molecule has 0 spiro atoms. The summed E-state index contributed by atoms with van der Waals surface area (Å²) >= 11 is 0. The zero-order chi connectivity index (χ0) is 11.7. The highest BCUT2D eigenvalue weighted by molar-refractivity contribution is 5.76. The van der Waals surface area contributed by atoms with Gasteiger partial charge in [0.1, 0.15) is 11.5 Å². The summed E-state index contributed by atoms with van der Waals surface area (Å²) < 4.78 is 0. The summed E-state index contributed by atoms with van der Waals surface area (Å²) in [7, 11) is 0. The highest BCUT2D eigenvalue weighted by Gasteiger charge is 2.24. The molecule has 8 heteroatoms. The fraction of sp³-hybridized carbons (Fsp3) is 0.250. The molecule has 0 fully saturated rings. The molecule has 0 bridgehead atoms. The van der Waals surface area contributed by atoms with Crippen LogP contribution in [-0.4, -0.2) is 36.5 Å². The lowest BCUT2D eigenvalue weighted by molar-refractivity contribution is 0.0507. The first-order chi connectivity index (χ1) is 7.65. The van der Waals surface area contributed by atoms with E-state index in [-0.39, 0.29) is 16.7 Å². The second kappa shape index (κ2) is 3.73. The minimum absolute atomic E-state index is 0.0293. The van der Waals surface area contributed by atoms with Gasteiger partial charge in [0.25, 0.3) is 5.56 Å². The maximum absolute atomic E-state index is 11.4. The molecule has 8 nitrogen and oxygen atoms in total. The fourth-order valence-electron chi connectivity index (χ4n) is 1.33. The van der Waals surface area contributed by atoms with Crippen molar-refractivity contribution in [3.63, 3.8) is 0 Å². The lowest BCUT2D eigenvalue weighted by atomic mass is 10.1. The predicted octanol–water partition coefficient (Wildman–Crippen LogP) is -1.44. The summed E-state index contributed by atoms with van der Waals surface area (Å²) in [4.78, 5) is 17.5. The topological polar surface area (TPSA) is 139 Å². The molecule has 0 aliphatic rings. The summed E-state index contributed by atoms with van der Waals surface area (Å²) in [5.41, 5.74) is -0.417. The summed E-state index contributed by atoms with van der Waals surface area (Å²) in [6, 6.07) is 1.46. The summed E-state index contributed by atoms with van der Waals surface area (Å²) in [5, 5.41) is 33.3. The first-order valence-electron chi connectivity index (χ1n) is 4.32. The number of aromatic amines is 2. The maximum atomic E-state index is 11.4. The average molecular weight is 221 g/mol. The van der Waals surface area contributed by atoms with Gasteiger partial charge in [-0.25, -0.2) is 4.98 Å². The highest BCUT2D eigenvalue weighted by Crippen LogP contribution is 2.19. The van der Waals surface area contributed by atoms with Gasteiger partial charge >= 0.3 is 0 Å². The largest absolute Gasteiger partial charge is 0.383 e. The molecule has 4 N–H and O–H groups in total. The van der Waals surface area contributed by atoms with Gasteiger partial charge in [0, 0.05) is 0 Å². The molecule has 16 heavy (non-hydrogen) atoms. The number of fused-ring (bicyclic) bond motifs is 1. The van der Waals surface area contributed by atoms with E-state index in [1.165, 1.54) is 12.4 Å². The third-order valence-electron chi connectivity index (χ3n) is 2.11. The Morgan fingerprint density at radius 3 is 2.94 bits per heavy atom. The number of nitrogens with zero attached hydrogens (tertiary/aromatic N) is 3. The summed E-state index contributed by atoms with van der Waals surface area (Å²) in [6.07, 6.45) is -1.99. The van der Waals surface area contributed by atoms with Crippen LogP contribution in [0.5, 0.6) is 0 Å². The SMILES string of the molecule is N#CC(O)C(O)c1[nH]nc2nc[nH]c(=O)c12. The van der Waals surface area contributed by atoms with Crippen molar-refractivity contribution in [2.75, 3.05) is 0 Å². The lowest BCUT2D eigenvalue weighted by Gasteiger charge is -2.08. The number of nitrogens with one attached hydrogen (secondary N) is 2. The maximum Gasteiger partial charge on any atom is 0.262 e. The molecular weight excluding hydrogens is 214 g/mol. The Bertz CT molecular complexity index is 610. The van der Waals surface area contributed by atoms with E-state index in [1.807, 2.05) is 0 Å². The molecule has 82 valence electrons. The Hall–Kier alpha value is -2.24. The lowest BCUT2D eigenvalue weighted by Crippen LogP contribution is -2.18. The van der Waals surface area contributed by atoms with Crippen LogP contribution < -0.4 is 5.56 Å². The van der Waals surface area contributed by atoms with Crippen LogP contribution in [0.4, 0.5) is 0 Å². The van der Waals surface area contributed by atoms with E-state index >= 15 is 0 Å². The van der Waals surface area contributed by atoms with Crippen LogP contribution in [0.3, 0.4) is 0 Å². The quantitative estimate of drug-likeness (QED) is 0.458. The Kier molecular flexibility index (Phi) is 2.40. The van der Waals surface area contributed by atoms with Crippen molar-refractivity contribution < 1.29 is 10.2 Å². The standard InChI is InChI=1S/C8H7N5O3/c9-1-3(14)6(15)5-4-7(13-12-5)10-2-11-8(4)16/h2-3,6,14-15H,(H2,10,11,12,13,16). The van der Waals surface area contributed by atoms with Gasteiger partial charge in [0.15, 0.2) is 11.8 Å². The molecular formula is C8H7N5O3. The molecule has 0 radical (unpaired) electrons. The van der Waals surface area contributed by atoms with Gasteiger partial charge < -0.3 is 15.2 Å². The molecule has 0 aromatic carbocycles. The van der Waals surface area contributed by atoms with Crippen molar-refractivity contribution >= 4 is 11.0 Å². The van der Waals surface area contributed by atoms with Crippen molar-refractivity contribution in [1.29, 1.82) is 5.26 Å². The van der Waals surface area contributed by atoms with Crippen LogP contribution >= 0.6 is 0 Å². The number of H-pyrrole nitrogens is 2. The number of hydrogen-bond donors (Lipinski definition) is 4. The molecule has 0 saturated carbocycles. The number of nitriles is 1. The molecule has 2 atom stereocenters. The van der Waals surface area contributed by atoms with Gasteiger partial charge in [-0.3, -0.25) is 9.89 Å². The molecule has 2 unspecified atom stereocenters. The summed E-state index contributed by atoms with van der Waals surface area (Å²) in [5.74, 6) is 0. The van der Waals surface area contributed by atoms with Crippen LogP contribution in [-0.2, 0) is 0 Å². The van der Waals surface area contributed by atoms with Crippen molar-refractivity contribution in [3.8, 4) is 6.07 Å². The highest BCUT2D eigenvalue weighted by atomic mass is 16.3. The van der Waals surface area contributed by atoms with E-state index in [9.17, 15) is 9.90 Å². The van der Waals surface area contributed by atoms with Gasteiger partial charge in [-0.15, -0.1) is 0 Å². The van der Waals surface area contributed by atoms with E-state index in [0.29, 0.717) is 0 Å². The molecule has 0 saturated heterocycles. The number of aliphatic hydroxyl groups is 2. The van der Waals surface area contributed by atoms with Crippen LogP contribution in [0.1, 0.15) is 11.8 Å². The fourth-order valence-corrected chi connectivity index (χ4v) is 1.33. The molecule has 0 amide bonds. The normalized spacial score (nSPS) is 14.6. The molecule has 2 aromatic rings. The van der Waals surface area contributed by atoms with Crippen LogP contribution in [0.25, 0.3) is 11.0 Å². The smallest absolute Gasteiger partial charge is 0.262 e. The minimum Gasteiger partial charge on any atom is -0.383 e. The number of aromatic nitrogens is 4. The molecule has 2 heterocycles. The monoisotopic (exact) mass is 221 g/mol. The van der Waals surface area contributed by atoms with Crippen molar-refractivity contribution in [3.05, 3.63) is 22.4 Å². The number of aliphatic hydroxyl groups excluding tert-OH is 2. The van der Waals surface area contributed by atoms with E-state index < -0.39 is 17.8 Å². The second-order valence-corrected chi connectivity index (χ2v) is 3.09. The van der Waals surface area contributed by atoms with E-state index in [2.05, 4.69) is 20.2 Å². The summed E-state index contributed by atoms with van der Waals surface area (Å²) in [6.45, 7) is 0. The zero-order valence-electron chi connectivity index (χ0n) is 7.88. The van der Waals surface area contributed by atoms with Crippen LogP contribution in [0.15, 0.2) is 11.1 Å². The Morgan fingerprint density at radius 1 is 1.50 bits per heavy atom. The Morgan fingerprint density at radius 2 is 2.25 bits per heavy atom. The molecule has 0 aliphatic carbocycles. The van der Waals surface area contributed by atoms with Gasteiger partial charge in [0.05, 0.1) is 18.1 Å². The van der Waals surface area contributed by atoms with E-state index in [0.717, 1.165) is 0 Å². The van der Waals surface area contributed by atoms with Crippen LogP contribution in [0.2, 0.25) is 0 Å². The average Bonchev–Trinajstić information content (AvgIpc) is 2.72. The number of hydrogen-bond acceptors (Lipinski definition) is 6. The van der Waals surface area contributed by atoms with Gasteiger partial charge in [-0.05, 0) is 0 Å². The van der Waals surface area contributed by atoms with E-state index in [1.54, 1.807) is 0 Å². The van der Waals surface area contributed by atoms with Gasteiger partial charge in [0.2, 0.25) is 0 Å². The first kappa shape index (κ1) is 10.3. The van der Waals surface area contributed by atoms with Crippen LogP contribution in [0, 0.1) is 11.3 Å². The van der Waals surface area contributed by atoms with Crippen molar-refractivity contribution in [2.24, 2.45) is 0 Å². The third kappa shape index (κ3) is 1.44. The first-order valence-corrected chi connectivity index (χ1v) is 4.32.